The van der Waals surface area contributed by atoms with E-state index in [4.69, 9.17) is 0 Å². The van der Waals surface area contributed by atoms with Crippen molar-refractivity contribution >= 4 is 11.3 Å². The van der Waals surface area contributed by atoms with Crippen molar-refractivity contribution in [3.8, 4) is 0 Å². The monoisotopic (exact) mass is 237 g/mol. The zero-order valence-corrected chi connectivity index (χ0v) is 9.73. The lowest BCUT2D eigenvalue weighted by Gasteiger charge is -2.11. The average Bonchev–Trinajstić information content (AvgIpc) is 2.90. The van der Waals surface area contributed by atoms with Gasteiger partial charge in [-0.15, -0.1) is 0 Å². The minimum atomic E-state index is -0.404. The maximum absolute atomic E-state index is 9.73. The van der Waals surface area contributed by atoms with Gasteiger partial charge in [0, 0.05) is 25.5 Å². The Labute approximate surface area is 98.5 Å². The summed E-state index contributed by atoms with van der Waals surface area (Å²) in [5.74, 6) is 0. The number of nitrogens with zero attached hydrogens (tertiary/aromatic N) is 2. The predicted octanol–water partition coefficient (Wildman–Crippen LogP) is 1.10. The third-order valence-electron chi connectivity index (χ3n) is 2.25. The van der Waals surface area contributed by atoms with Crippen molar-refractivity contribution in [2.45, 2.75) is 19.2 Å². The van der Waals surface area contributed by atoms with E-state index in [1.165, 1.54) is 5.56 Å². The zero-order valence-electron chi connectivity index (χ0n) is 8.91. The van der Waals surface area contributed by atoms with Gasteiger partial charge in [0.1, 0.15) is 0 Å². The summed E-state index contributed by atoms with van der Waals surface area (Å²) < 4.78 is 1.73. The van der Waals surface area contributed by atoms with Gasteiger partial charge in [0.25, 0.3) is 0 Å². The number of nitrogens with one attached hydrogen (secondary N) is 1. The number of aromatic nitrogens is 2. The van der Waals surface area contributed by atoms with Crippen molar-refractivity contribution in [3.63, 3.8) is 0 Å². The Hall–Kier alpha value is -1.17. The number of aliphatic hydroxyl groups excluding tert-OH is 1. The summed E-state index contributed by atoms with van der Waals surface area (Å²) in [6.07, 6.45) is 3.16. The van der Waals surface area contributed by atoms with Gasteiger partial charge in [-0.2, -0.15) is 16.4 Å². The standard InChI is InChI=1S/C11H15N3OS/c15-11(8-14-4-1-3-13-14)7-12-6-10-2-5-16-9-10/h1-5,9,11-12,15H,6-8H2. The molecule has 0 aliphatic carbocycles. The summed E-state index contributed by atoms with van der Waals surface area (Å²) in [7, 11) is 0. The molecule has 2 aromatic rings. The smallest absolute Gasteiger partial charge is 0.0860 e. The van der Waals surface area contributed by atoms with Gasteiger partial charge < -0.3 is 10.4 Å². The Morgan fingerprint density at radius 3 is 3.19 bits per heavy atom. The topological polar surface area (TPSA) is 50.1 Å². The van der Waals surface area contributed by atoms with Crippen molar-refractivity contribution in [2.24, 2.45) is 0 Å². The van der Waals surface area contributed by atoms with Gasteiger partial charge in [-0.25, -0.2) is 0 Å². The summed E-state index contributed by atoms with van der Waals surface area (Å²) in [5.41, 5.74) is 1.26. The predicted molar refractivity (Wildman–Crippen MR) is 64.3 cm³/mol. The molecule has 86 valence electrons. The molecular formula is C11H15N3OS. The SMILES string of the molecule is OC(CNCc1ccsc1)Cn1cccn1. The Morgan fingerprint density at radius 2 is 2.50 bits per heavy atom. The van der Waals surface area contributed by atoms with Crippen LogP contribution in [0, 0.1) is 0 Å². The first kappa shape index (κ1) is 11.3. The van der Waals surface area contributed by atoms with E-state index in [0.29, 0.717) is 13.1 Å². The van der Waals surface area contributed by atoms with Gasteiger partial charge in [-0.3, -0.25) is 4.68 Å². The molecule has 0 saturated heterocycles. The maximum Gasteiger partial charge on any atom is 0.0860 e. The second kappa shape index (κ2) is 5.79. The van der Waals surface area contributed by atoms with E-state index in [0.717, 1.165) is 6.54 Å². The quantitative estimate of drug-likeness (QED) is 0.791. The van der Waals surface area contributed by atoms with Crippen LogP contribution in [-0.2, 0) is 13.1 Å². The number of rotatable bonds is 6. The molecule has 2 heterocycles. The first-order valence-electron chi connectivity index (χ1n) is 5.22. The van der Waals surface area contributed by atoms with Crippen molar-refractivity contribution < 1.29 is 5.11 Å². The molecular weight excluding hydrogens is 222 g/mol. The Kier molecular flexibility index (Phi) is 4.10. The fourth-order valence-corrected chi connectivity index (χ4v) is 2.13. The molecule has 16 heavy (non-hydrogen) atoms. The largest absolute Gasteiger partial charge is 0.390 e. The molecule has 0 saturated carbocycles. The van der Waals surface area contributed by atoms with Crippen LogP contribution in [0.1, 0.15) is 5.56 Å². The summed E-state index contributed by atoms with van der Waals surface area (Å²) in [6, 6.07) is 3.93. The maximum atomic E-state index is 9.73. The van der Waals surface area contributed by atoms with E-state index < -0.39 is 6.10 Å². The fourth-order valence-electron chi connectivity index (χ4n) is 1.47. The van der Waals surface area contributed by atoms with Crippen LogP contribution in [0.5, 0.6) is 0 Å². The molecule has 0 aromatic carbocycles. The minimum Gasteiger partial charge on any atom is -0.390 e. The normalized spacial score (nSPS) is 12.8. The van der Waals surface area contributed by atoms with E-state index in [1.54, 1.807) is 22.2 Å². The number of aliphatic hydroxyl groups is 1. The third-order valence-corrected chi connectivity index (χ3v) is 2.98. The molecule has 2 aromatic heterocycles. The van der Waals surface area contributed by atoms with Crippen LogP contribution in [0.15, 0.2) is 35.3 Å². The van der Waals surface area contributed by atoms with Crippen LogP contribution in [-0.4, -0.2) is 27.5 Å². The molecule has 0 fully saturated rings. The number of thiophene rings is 1. The highest BCUT2D eigenvalue weighted by Crippen LogP contribution is 2.04. The third kappa shape index (κ3) is 3.44. The lowest BCUT2D eigenvalue weighted by molar-refractivity contribution is 0.146. The minimum absolute atomic E-state index is 0.404. The first-order chi connectivity index (χ1) is 7.84. The van der Waals surface area contributed by atoms with Crippen molar-refractivity contribution in [3.05, 3.63) is 40.8 Å². The molecule has 0 amide bonds. The second-order valence-corrected chi connectivity index (χ2v) is 4.42. The first-order valence-corrected chi connectivity index (χ1v) is 6.16. The molecule has 1 unspecified atom stereocenters. The lowest BCUT2D eigenvalue weighted by atomic mass is 10.3. The molecule has 0 spiro atoms. The summed E-state index contributed by atoms with van der Waals surface area (Å²) >= 11 is 1.69. The van der Waals surface area contributed by atoms with Gasteiger partial charge >= 0.3 is 0 Å². The molecule has 0 radical (unpaired) electrons. The van der Waals surface area contributed by atoms with E-state index in [9.17, 15) is 5.11 Å². The van der Waals surface area contributed by atoms with Crippen LogP contribution >= 0.6 is 11.3 Å². The average molecular weight is 237 g/mol. The van der Waals surface area contributed by atoms with Crippen LogP contribution in [0.4, 0.5) is 0 Å². The molecule has 0 bridgehead atoms. The molecule has 0 aliphatic rings. The van der Waals surface area contributed by atoms with Crippen molar-refractivity contribution in [1.82, 2.24) is 15.1 Å². The molecule has 5 heteroatoms. The van der Waals surface area contributed by atoms with Crippen molar-refractivity contribution in [2.75, 3.05) is 6.54 Å². The highest BCUT2D eigenvalue weighted by Gasteiger charge is 2.04. The van der Waals surface area contributed by atoms with Crippen molar-refractivity contribution in [1.29, 1.82) is 0 Å². The van der Waals surface area contributed by atoms with E-state index in [-0.39, 0.29) is 0 Å². The van der Waals surface area contributed by atoms with Gasteiger partial charge in [0.2, 0.25) is 0 Å². The van der Waals surface area contributed by atoms with E-state index in [1.807, 2.05) is 12.3 Å². The molecule has 2 N–H and O–H groups in total. The van der Waals surface area contributed by atoms with Crippen LogP contribution in [0.25, 0.3) is 0 Å². The van der Waals surface area contributed by atoms with Gasteiger partial charge in [0.15, 0.2) is 0 Å². The highest BCUT2D eigenvalue weighted by molar-refractivity contribution is 7.07. The highest BCUT2D eigenvalue weighted by atomic mass is 32.1. The van der Waals surface area contributed by atoms with Gasteiger partial charge in [-0.1, -0.05) is 0 Å². The Balaban J connectivity index is 1.66. The fraction of sp³-hybridized carbons (Fsp3) is 0.364. The van der Waals surface area contributed by atoms with E-state index >= 15 is 0 Å². The van der Waals surface area contributed by atoms with Gasteiger partial charge in [0.05, 0.1) is 12.6 Å². The van der Waals surface area contributed by atoms with Crippen LogP contribution in [0.2, 0.25) is 0 Å². The summed E-state index contributed by atoms with van der Waals surface area (Å²) in [5, 5.41) is 21.1. The van der Waals surface area contributed by atoms with Crippen LogP contribution in [0.3, 0.4) is 0 Å². The van der Waals surface area contributed by atoms with Gasteiger partial charge in [-0.05, 0) is 28.5 Å². The Morgan fingerprint density at radius 1 is 1.56 bits per heavy atom. The lowest BCUT2D eigenvalue weighted by Crippen LogP contribution is -2.30. The molecule has 2 rings (SSSR count). The van der Waals surface area contributed by atoms with E-state index in [2.05, 4.69) is 27.2 Å². The summed E-state index contributed by atoms with van der Waals surface area (Å²) in [4.78, 5) is 0. The number of hydrogen-bond acceptors (Lipinski definition) is 4. The molecule has 1 atom stereocenters. The second-order valence-electron chi connectivity index (χ2n) is 3.64. The number of hydrogen-bond donors (Lipinski definition) is 2. The Bertz CT molecular complexity index is 385. The molecule has 4 nitrogen and oxygen atoms in total. The summed E-state index contributed by atoms with van der Waals surface area (Å²) in [6.45, 7) is 1.92. The zero-order chi connectivity index (χ0) is 11.2. The molecule has 0 aliphatic heterocycles. The van der Waals surface area contributed by atoms with Crippen LogP contribution < -0.4 is 5.32 Å².